The Morgan fingerprint density at radius 1 is 1.35 bits per heavy atom. The fraction of sp³-hybridized carbons (Fsp3) is 0.273. The first-order valence-electron chi connectivity index (χ1n) is 4.71. The van der Waals surface area contributed by atoms with E-state index in [1.165, 1.54) is 19.2 Å². The number of alkyl halides is 1. The Bertz CT molecular complexity index is 401. The number of aliphatic hydroxyl groups excluding tert-OH is 1. The third-order valence-corrected chi connectivity index (χ3v) is 2.20. The molecule has 1 N–H and O–H groups in total. The second kappa shape index (κ2) is 6.22. The van der Waals surface area contributed by atoms with Crippen molar-refractivity contribution < 1.29 is 24.2 Å². The number of aliphatic hydroxyl groups is 1. The highest BCUT2D eigenvalue weighted by atomic mass is 35.5. The second-order valence-electron chi connectivity index (χ2n) is 3.10. The molecule has 0 bridgehead atoms. The zero-order chi connectivity index (χ0) is 12.8. The molecule has 0 saturated heterocycles. The average molecular weight is 259 g/mol. The minimum absolute atomic E-state index is 0.304. The van der Waals surface area contributed by atoms with Crippen molar-refractivity contribution in [1.29, 1.82) is 0 Å². The van der Waals surface area contributed by atoms with Gasteiger partial charge < -0.3 is 14.6 Å². The summed E-state index contributed by atoms with van der Waals surface area (Å²) in [6.45, 7) is 0. The maximum Gasteiger partial charge on any atom is 0.347 e. The van der Waals surface area contributed by atoms with Gasteiger partial charge in [-0.05, 0) is 17.7 Å². The van der Waals surface area contributed by atoms with Gasteiger partial charge >= 0.3 is 11.9 Å². The molecule has 0 unspecified atom stereocenters. The number of halogens is 1. The van der Waals surface area contributed by atoms with Crippen LogP contribution in [-0.2, 0) is 14.3 Å². The number of hydrogen-bond donors (Lipinski definition) is 1. The van der Waals surface area contributed by atoms with E-state index in [9.17, 15) is 14.7 Å². The Morgan fingerprint density at radius 2 is 1.94 bits per heavy atom. The molecule has 6 heteroatoms. The van der Waals surface area contributed by atoms with Crippen molar-refractivity contribution in [2.75, 3.05) is 13.0 Å². The van der Waals surface area contributed by atoms with Crippen molar-refractivity contribution in [3.8, 4) is 5.75 Å². The summed E-state index contributed by atoms with van der Waals surface area (Å²) in [5.74, 6) is -1.81. The summed E-state index contributed by atoms with van der Waals surface area (Å²) in [6.07, 6.45) is -1.52. The van der Waals surface area contributed by atoms with Gasteiger partial charge in [0.2, 0.25) is 0 Å². The lowest BCUT2D eigenvalue weighted by molar-refractivity contribution is -0.164. The first kappa shape index (κ1) is 13.5. The van der Waals surface area contributed by atoms with Crippen LogP contribution in [0.15, 0.2) is 24.3 Å². The van der Waals surface area contributed by atoms with Gasteiger partial charge in [0.25, 0.3) is 0 Å². The molecule has 1 rings (SSSR count). The summed E-state index contributed by atoms with van der Waals surface area (Å²) >= 11 is 5.16. The summed E-state index contributed by atoms with van der Waals surface area (Å²) in [4.78, 5) is 22.0. The Hall–Kier alpha value is -1.59. The van der Waals surface area contributed by atoms with Crippen LogP contribution >= 0.6 is 11.6 Å². The van der Waals surface area contributed by atoms with Gasteiger partial charge in [-0.3, -0.25) is 4.79 Å². The van der Waals surface area contributed by atoms with E-state index in [2.05, 4.69) is 4.74 Å². The van der Waals surface area contributed by atoms with Gasteiger partial charge in [0.15, 0.2) is 6.10 Å². The van der Waals surface area contributed by atoms with Crippen LogP contribution in [-0.4, -0.2) is 30.0 Å². The van der Waals surface area contributed by atoms with Crippen molar-refractivity contribution in [3.05, 3.63) is 29.8 Å². The van der Waals surface area contributed by atoms with E-state index in [0.717, 1.165) is 0 Å². The number of methoxy groups -OCH3 is 1. The normalized spacial score (nSPS) is 11.7. The molecule has 0 radical (unpaired) electrons. The lowest BCUT2D eigenvalue weighted by Crippen LogP contribution is -2.20. The van der Waals surface area contributed by atoms with E-state index in [4.69, 9.17) is 16.3 Å². The minimum Gasteiger partial charge on any atom is -0.497 e. The molecule has 0 amide bonds. The molecule has 0 saturated carbocycles. The Labute approximate surface area is 103 Å². The van der Waals surface area contributed by atoms with Crippen LogP contribution in [0.5, 0.6) is 5.75 Å². The molecule has 1 atom stereocenters. The molecule has 0 aliphatic rings. The van der Waals surface area contributed by atoms with Crippen LogP contribution in [0.25, 0.3) is 0 Å². The van der Waals surface area contributed by atoms with Gasteiger partial charge in [-0.1, -0.05) is 12.1 Å². The smallest absolute Gasteiger partial charge is 0.347 e. The fourth-order valence-corrected chi connectivity index (χ4v) is 1.17. The van der Waals surface area contributed by atoms with Gasteiger partial charge in [0.05, 0.1) is 7.11 Å². The largest absolute Gasteiger partial charge is 0.497 e. The Balaban J connectivity index is 2.71. The monoisotopic (exact) mass is 258 g/mol. The lowest BCUT2D eigenvalue weighted by atomic mass is 10.1. The van der Waals surface area contributed by atoms with E-state index in [-0.39, 0.29) is 0 Å². The maximum absolute atomic E-state index is 11.3. The summed E-state index contributed by atoms with van der Waals surface area (Å²) in [7, 11) is 1.50. The van der Waals surface area contributed by atoms with Crippen LogP contribution in [0.3, 0.4) is 0 Å². The molecule has 0 heterocycles. The number of esters is 2. The SMILES string of the molecule is COc1ccc([C@@H](O)C(=O)OC(=O)CCl)cc1. The highest BCUT2D eigenvalue weighted by Gasteiger charge is 2.21. The van der Waals surface area contributed by atoms with Crippen molar-refractivity contribution >= 4 is 23.5 Å². The predicted octanol–water partition coefficient (Wildman–Crippen LogP) is 1.04. The van der Waals surface area contributed by atoms with Crippen molar-refractivity contribution in [2.24, 2.45) is 0 Å². The van der Waals surface area contributed by atoms with Crippen LogP contribution in [0.1, 0.15) is 11.7 Å². The molecule has 92 valence electrons. The molecule has 1 aromatic rings. The molecule has 17 heavy (non-hydrogen) atoms. The van der Waals surface area contributed by atoms with Gasteiger partial charge in [-0.25, -0.2) is 4.79 Å². The zero-order valence-electron chi connectivity index (χ0n) is 9.05. The number of carbonyl (C=O) groups excluding carboxylic acids is 2. The molecular weight excluding hydrogens is 248 g/mol. The average Bonchev–Trinajstić information content (AvgIpc) is 2.37. The van der Waals surface area contributed by atoms with E-state index in [1.807, 2.05) is 0 Å². The van der Waals surface area contributed by atoms with Crippen molar-refractivity contribution in [1.82, 2.24) is 0 Å². The molecule has 5 nitrogen and oxygen atoms in total. The number of ether oxygens (including phenoxy) is 2. The van der Waals surface area contributed by atoms with E-state index in [0.29, 0.717) is 11.3 Å². The highest BCUT2D eigenvalue weighted by Crippen LogP contribution is 2.18. The molecule has 0 aliphatic carbocycles. The number of rotatable bonds is 4. The van der Waals surface area contributed by atoms with Gasteiger partial charge in [0.1, 0.15) is 11.6 Å². The molecule has 0 fully saturated rings. The quantitative estimate of drug-likeness (QED) is 0.496. The van der Waals surface area contributed by atoms with Gasteiger partial charge in [-0.15, -0.1) is 11.6 Å². The highest BCUT2D eigenvalue weighted by molar-refractivity contribution is 6.27. The van der Waals surface area contributed by atoms with Crippen molar-refractivity contribution in [2.45, 2.75) is 6.10 Å². The first-order valence-corrected chi connectivity index (χ1v) is 5.24. The Morgan fingerprint density at radius 3 is 2.41 bits per heavy atom. The van der Waals surface area contributed by atoms with E-state index >= 15 is 0 Å². The number of benzene rings is 1. The van der Waals surface area contributed by atoms with Gasteiger partial charge in [-0.2, -0.15) is 0 Å². The molecule has 0 aliphatic heterocycles. The molecule has 0 spiro atoms. The van der Waals surface area contributed by atoms with Crippen LogP contribution in [0.2, 0.25) is 0 Å². The maximum atomic E-state index is 11.3. The summed E-state index contributed by atoms with van der Waals surface area (Å²) < 4.78 is 9.20. The van der Waals surface area contributed by atoms with Crippen LogP contribution in [0.4, 0.5) is 0 Å². The van der Waals surface area contributed by atoms with Crippen LogP contribution in [0, 0.1) is 0 Å². The molecule has 1 aromatic carbocycles. The van der Waals surface area contributed by atoms with Crippen molar-refractivity contribution in [3.63, 3.8) is 0 Å². The van der Waals surface area contributed by atoms with Gasteiger partial charge in [0, 0.05) is 0 Å². The Kier molecular flexibility index (Phi) is 4.93. The summed E-state index contributed by atoms with van der Waals surface area (Å²) in [6, 6.07) is 6.15. The first-order chi connectivity index (χ1) is 8.08. The topological polar surface area (TPSA) is 72.8 Å². The summed E-state index contributed by atoms with van der Waals surface area (Å²) in [5, 5.41) is 9.59. The van der Waals surface area contributed by atoms with E-state index < -0.39 is 23.9 Å². The number of hydrogen-bond acceptors (Lipinski definition) is 5. The minimum atomic E-state index is -1.52. The molecular formula is C11H11ClO5. The molecule has 0 aromatic heterocycles. The third kappa shape index (κ3) is 3.72. The predicted molar refractivity (Wildman–Crippen MR) is 59.8 cm³/mol. The number of carbonyl (C=O) groups is 2. The second-order valence-corrected chi connectivity index (χ2v) is 3.37. The standard InChI is InChI=1S/C11H11ClO5/c1-16-8-4-2-7(3-5-8)10(14)11(15)17-9(13)6-12/h2-5,10,14H,6H2,1H3/t10-/m1/s1. The summed E-state index contributed by atoms with van der Waals surface area (Å²) in [5.41, 5.74) is 0.304. The van der Waals surface area contributed by atoms with E-state index in [1.54, 1.807) is 12.1 Å². The lowest BCUT2D eigenvalue weighted by Gasteiger charge is -2.09. The third-order valence-electron chi connectivity index (χ3n) is 1.98. The van der Waals surface area contributed by atoms with Crippen LogP contribution < -0.4 is 4.74 Å². The zero-order valence-corrected chi connectivity index (χ0v) is 9.81. The fourth-order valence-electron chi connectivity index (χ4n) is 1.12.